The van der Waals surface area contributed by atoms with E-state index in [4.69, 9.17) is 16.3 Å². The maximum Gasteiger partial charge on any atom is 0.303 e. The van der Waals surface area contributed by atoms with Gasteiger partial charge in [-0.3, -0.25) is 9.59 Å². The molecule has 1 N–H and O–H groups in total. The molecule has 160 valence electrons. The van der Waals surface area contributed by atoms with Crippen molar-refractivity contribution in [1.29, 1.82) is 0 Å². The number of allylic oxidation sites excluding steroid dienone is 4. The van der Waals surface area contributed by atoms with Gasteiger partial charge >= 0.3 is 5.97 Å². The number of fused-ring (bicyclic) bond motifs is 5. The van der Waals surface area contributed by atoms with E-state index < -0.39 is 22.0 Å². The summed E-state index contributed by atoms with van der Waals surface area (Å²) in [6.07, 6.45) is 8.29. The number of esters is 1. The summed E-state index contributed by atoms with van der Waals surface area (Å²) in [7, 11) is 0. The average Bonchev–Trinajstić information content (AvgIpc) is 2.84. The van der Waals surface area contributed by atoms with Crippen LogP contribution >= 0.6 is 11.6 Å². The zero-order valence-corrected chi connectivity index (χ0v) is 18.9. The molecule has 3 saturated carbocycles. The predicted octanol–water partition coefficient (Wildman–Crippen LogP) is 4.58. The quantitative estimate of drug-likeness (QED) is 0.524. The summed E-state index contributed by atoms with van der Waals surface area (Å²) in [5, 5.41) is 11.6. The van der Waals surface area contributed by atoms with E-state index in [0.717, 1.165) is 31.3 Å². The molecular formula is C24H33ClO4. The molecule has 4 rings (SSSR count). The SMILES string of the molecule is CCC1(OC(C)=O)C(C)CC2C3CCC4=CC(=O)C=CC4(C)C3(Cl)C(O)CC21C. The molecule has 0 aromatic heterocycles. The number of hydrogen-bond donors (Lipinski definition) is 1. The first kappa shape index (κ1) is 21.1. The van der Waals surface area contributed by atoms with Crippen molar-refractivity contribution >= 4 is 23.4 Å². The van der Waals surface area contributed by atoms with E-state index in [2.05, 4.69) is 27.7 Å². The van der Waals surface area contributed by atoms with Gasteiger partial charge in [-0.2, -0.15) is 0 Å². The molecule has 8 unspecified atom stereocenters. The number of ketones is 1. The Morgan fingerprint density at radius 1 is 1.34 bits per heavy atom. The van der Waals surface area contributed by atoms with Crippen LogP contribution in [0, 0.1) is 28.6 Å². The molecule has 0 radical (unpaired) electrons. The fourth-order valence-electron chi connectivity index (χ4n) is 7.91. The second-order valence-corrected chi connectivity index (χ2v) is 10.9. The van der Waals surface area contributed by atoms with Gasteiger partial charge in [-0.15, -0.1) is 11.6 Å². The largest absolute Gasteiger partial charge is 0.458 e. The fourth-order valence-corrected chi connectivity index (χ4v) is 8.44. The number of aliphatic hydroxyl groups excluding tert-OH is 1. The van der Waals surface area contributed by atoms with Crippen LogP contribution in [0.25, 0.3) is 0 Å². The Labute approximate surface area is 178 Å². The van der Waals surface area contributed by atoms with Crippen molar-refractivity contribution in [3.05, 3.63) is 23.8 Å². The first-order chi connectivity index (χ1) is 13.5. The number of alkyl halides is 1. The molecule has 0 amide bonds. The minimum absolute atomic E-state index is 0.000626. The Hall–Kier alpha value is -1.13. The number of carbonyl (C=O) groups excluding carboxylic acids is 2. The highest BCUT2D eigenvalue weighted by molar-refractivity contribution is 6.26. The second kappa shape index (κ2) is 6.43. The summed E-state index contributed by atoms with van der Waals surface area (Å²) in [6, 6.07) is 0. The third-order valence-electron chi connectivity index (χ3n) is 9.25. The molecule has 0 heterocycles. The summed E-state index contributed by atoms with van der Waals surface area (Å²) in [5.74, 6) is 0.283. The topological polar surface area (TPSA) is 63.6 Å². The van der Waals surface area contributed by atoms with Crippen LogP contribution in [0.5, 0.6) is 0 Å². The smallest absolute Gasteiger partial charge is 0.303 e. The van der Waals surface area contributed by atoms with Gasteiger partial charge in [0.2, 0.25) is 0 Å². The zero-order chi connectivity index (χ0) is 21.4. The summed E-state index contributed by atoms with van der Waals surface area (Å²) in [4.78, 5) is 23.2. The molecular weight excluding hydrogens is 388 g/mol. The molecule has 8 atom stereocenters. The third-order valence-corrected chi connectivity index (χ3v) is 10.2. The molecule has 0 saturated heterocycles. The minimum atomic E-state index is -0.863. The Bertz CT molecular complexity index is 818. The molecule has 4 aliphatic carbocycles. The van der Waals surface area contributed by atoms with Gasteiger partial charge in [0, 0.05) is 17.8 Å². The van der Waals surface area contributed by atoms with Gasteiger partial charge in [-0.1, -0.05) is 39.3 Å². The van der Waals surface area contributed by atoms with E-state index in [1.54, 1.807) is 12.2 Å². The summed E-state index contributed by atoms with van der Waals surface area (Å²) in [5.41, 5.74) is -0.431. The molecule has 0 bridgehead atoms. The number of halogens is 1. The van der Waals surface area contributed by atoms with Crippen molar-refractivity contribution in [3.63, 3.8) is 0 Å². The minimum Gasteiger partial charge on any atom is -0.458 e. The van der Waals surface area contributed by atoms with E-state index in [1.807, 2.05) is 6.08 Å². The van der Waals surface area contributed by atoms with Crippen LogP contribution in [0.2, 0.25) is 0 Å². The summed E-state index contributed by atoms with van der Waals surface area (Å²) in [6.45, 7) is 10.0. The monoisotopic (exact) mass is 420 g/mol. The Kier molecular flexibility index (Phi) is 4.68. The second-order valence-electron chi connectivity index (χ2n) is 10.2. The average molecular weight is 421 g/mol. The zero-order valence-electron chi connectivity index (χ0n) is 18.1. The Morgan fingerprint density at radius 3 is 2.66 bits per heavy atom. The number of rotatable bonds is 2. The standard InChI is InChI=1S/C24H33ClO4/c1-6-23(29-15(3)26)14(2)11-19-18-8-7-16-12-17(27)9-10-21(16,4)24(18,25)20(28)13-22(19,23)5/h9-10,12,14,18-20,28H,6-8,11,13H2,1-5H3. The van der Waals surface area contributed by atoms with E-state index >= 15 is 0 Å². The first-order valence-corrected chi connectivity index (χ1v) is 11.3. The molecule has 5 heteroatoms. The lowest BCUT2D eigenvalue weighted by Gasteiger charge is -2.64. The molecule has 0 aliphatic heterocycles. The maximum atomic E-state index is 12.1. The van der Waals surface area contributed by atoms with Crippen LogP contribution in [-0.2, 0) is 14.3 Å². The van der Waals surface area contributed by atoms with Crippen LogP contribution < -0.4 is 0 Å². The van der Waals surface area contributed by atoms with Crippen molar-refractivity contribution in [1.82, 2.24) is 0 Å². The van der Waals surface area contributed by atoms with Gasteiger partial charge in [0.1, 0.15) is 5.60 Å². The van der Waals surface area contributed by atoms with Crippen LogP contribution in [0.1, 0.15) is 66.7 Å². The lowest BCUT2D eigenvalue weighted by Crippen LogP contribution is -2.68. The van der Waals surface area contributed by atoms with Gasteiger partial charge in [-0.25, -0.2) is 0 Å². The first-order valence-electron chi connectivity index (χ1n) is 11.0. The number of hydrogen-bond acceptors (Lipinski definition) is 4. The van der Waals surface area contributed by atoms with E-state index in [9.17, 15) is 14.7 Å². The van der Waals surface area contributed by atoms with E-state index in [0.29, 0.717) is 6.42 Å². The van der Waals surface area contributed by atoms with Gasteiger partial charge in [0.25, 0.3) is 0 Å². The highest BCUT2D eigenvalue weighted by Gasteiger charge is 2.73. The summed E-state index contributed by atoms with van der Waals surface area (Å²) < 4.78 is 6.08. The lowest BCUT2D eigenvalue weighted by molar-refractivity contribution is -0.198. The molecule has 4 nitrogen and oxygen atoms in total. The molecule has 4 aliphatic rings. The van der Waals surface area contributed by atoms with Crippen molar-refractivity contribution in [3.8, 4) is 0 Å². The van der Waals surface area contributed by atoms with Crippen LogP contribution in [0.4, 0.5) is 0 Å². The third kappa shape index (κ3) is 2.42. The lowest BCUT2D eigenvalue weighted by atomic mass is 9.45. The van der Waals surface area contributed by atoms with Gasteiger partial charge in [-0.05, 0) is 62.0 Å². The highest BCUT2D eigenvalue weighted by Crippen LogP contribution is 2.72. The number of aliphatic hydroxyl groups is 1. The molecule has 0 spiro atoms. The molecule has 0 aromatic rings. The van der Waals surface area contributed by atoms with Crippen molar-refractivity contribution in [2.75, 3.05) is 0 Å². The maximum absolute atomic E-state index is 12.1. The molecule has 3 fully saturated rings. The van der Waals surface area contributed by atoms with Gasteiger partial charge in [0.15, 0.2) is 5.78 Å². The van der Waals surface area contributed by atoms with Crippen LogP contribution in [0.15, 0.2) is 23.8 Å². The van der Waals surface area contributed by atoms with E-state index in [-0.39, 0.29) is 34.9 Å². The Balaban J connectivity index is 1.83. The summed E-state index contributed by atoms with van der Waals surface area (Å²) >= 11 is 7.45. The Morgan fingerprint density at radius 2 is 2.03 bits per heavy atom. The molecule has 29 heavy (non-hydrogen) atoms. The van der Waals surface area contributed by atoms with E-state index in [1.165, 1.54) is 6.92 Å². The van der Waals surface area contributed by atoms with Crippen LogP contribution in [0.3, 0.4) is 0 Å². The van der Waals surface area contributed by atoms with Crippen LogP contribution in [-0.4, -0.2) is 33.4 Å². The molecule has 0 aromatic carbocycles. The normalized spacial score (nSPS) is 51.0. The van der Waals surface area contributed by atoms with Gasteiger partial charge < -0.3 is 9.84 Å². The number of carbonyl (C=O) groups is 2. The van der Waals surface area contributed by atoms with Crippen molar-refractivity contribution < 1.29 is 19.4 Å². The highest BCUT2D eigenvalue weighted by atomic mass is 35.5. The van der Waals surface area contributed by atoms with Crippen molar-refractivity contribution in [2.45, 2.75) is 83.3 Å². The van der Waals surface area contributed by atoms with Gasteiger partial charge in [0.05, 0.1) is 11.0 Å². The van der Waals surface area contributed by atoms with Crippen molar-refractivity contribution in [2.24, 2.45) is 28.6 Å². The number of ether oxygens (including phenoxy) is 1. The fraction of sp³-hybridized carbons (Fsp3) is 0.750. The predicted molar refractivity (Wildman–Crippen MR) is 112 cm³/mol.